The fourth-order valence-electron chi connectivity index (χ4n) is 3.10. The Morgan fingerprint density at radius 3 is 2.65 bits per heavy atom. The molecule has 26 heavy (non-hydrogen) atoms. The zero-order valence-electron chi connectivity index (χ0n) is 13.7. The molecule has 3 heterocycles. The number of nitrogens with one attached hydrogen (secondary N) is 2. The molecule has 136 valence electrons. The molecule has 0 saturated carbocycles. The molecule has 0 radical (unpaired) electrons. The average molecular weight is 395 g/mol. The van der Waals surface area contributed by atoms with Gasteiger partial charge in [-0.3, -0.25) is 0 Å². The molecule has 1 aliphatic rings. The van der Waals surface area contributed by atoms with E-state index in [1.54, 1.807) is 18.3 Å². The van der Waals surface area contributed by atoms with E-state index in [4.69, 9.17) is 11.6 Å². The van der Waals surface area contributed by atoms with Crippen molar-refractivity contribution in [2.24, 2.45) is 0 Å². The molecular weight excluding hydrogens is 379 g/mol. The molecule has 4 rings (SSSR count). The minimum absolute atomic E-state index is 0.00499. The maximum absolute atomic E-state index is 13.3. The quantitative estimate of drug-likeness (QED) is 0.668. The minimum atomic E-state index is -3.91. The summed E-state index contributed by atoms with van der Waals surface area (Å²) in [5.41, 5.74) is 0.672. The number of piperazine rings is 1. The van der Waals surface area contributed by atoms with Crippen LogP contribution in [-0.4, -0.2) is 44.6 Å². The highest BCUT2D eigenvalue weighted by Crippen LogP contribution is 2.32. The maximum Gasteiger partial charge on any atom is 0.223 e. The molecule has 1 aromatic carbocycles. The number of nitrogens with zero attached hydrogens (tertiary/aromatic N) is 2. The van der Waals surface area contributed by atoms with Gasteiger partial charge in [0.1, 0.15) is 16.7 Å². The highest BCUT2D eigenvalue weighted by molar-refractivity contribution is 7.91. The molecule has 0 bridgehead atoms. The van der Waals surface area contributed by atoms with Crippen molar-refractivity contribution < 1.29 is 12.8 Å². The lowest BCUT2D eigenvalue weighted by molar-refractivity contribution is 0.586. The first-order chi connectivity index (χ1) is 12.5. The van der Waals surface area contributed by atoms with E-state index in [1.165, 1.54) is 6.07 Å². The molecule has 2 N–H and O–H groups in total. The van der Waals surface area contributed by atoms with Crippen molar-refractivity contribution in [3.05, 3.63) is 47.4 Å². The standard InChI is InChI=1S/C17H16ClFN4O2S/c18-13-9-11(19)1-2-15(13)26(24,25)16-10-12-14(22-16)3-4-21-17(12)23-7-5-20-6-8-23/h1-4,9-10,20,22H,5-8H2. The molecule has 3 aromatic rings. The van der Waals surface area contributed by atoms with E-state index in [-0.39, 0.29) is 14.9 Å². The number of aromatic amines is 1. The van der Waals surface area contributed by atoms with Gasteiger partial charge in [-0.25, -0.2) is 17.8 Å². The number of hydrogen-bond acceptors (Lipinski definition) is 5. The lowest BCUT2D eigenvalue weighted by atomic mass is 10.2. The summed E-state index contributed by atoms with van der Waals surface area (Å²) in [7, 11) is -3.91. The average Bonchev–Trinajstić information content (AvgIpc) is 3.07. The number of hydrogen-bond donors (Lipinski definition) is 2. The molecule has 0 atom stereocenters. The molecule has 0 amide bonds. The molecule has 0 aliphatic carbocycles. The summed E-state index contributed by atoms with van der Waals surface area (Å²) >= 11 is 5.96. The van der Waals surface area contributed by atoms with Gasteiger partial charge in [0, 0.05) is 37.8 Å². The van der Waals surface area contributed by atoms with Crippen molar-refractivity contribution in [1.29, 1.82) is 0 Å². The van der Waals surface area contributed by atoms with Crippen molar-refractivity contribution in [2.45, 2.75) is 9.92 Å². The summed E-state index contributed by atoms with van der Waals surface area (Å²) in [6, 6.07) is 6.54. The molecule has 1 aliphatic heterocycles. The first-order valence-electron chi connectivity index (χ1n) is 8.10. The zero-order chi connectivity index (χ0) is 18.3. The van der Waals surface area contributed by atoms with Crippen LogP contribution >= 0.6 is 11.6 Å². The third-order valence-corrected chi connectivity index (χ3v) is 6.55. The first-order valence-corrected chi connectivity index (χ1v) is 9.96. The van der Waals surface area contributed by atoms with Gasteiger partial charge in [-0.2, -0.15) is 0 Å². The molecule has 9 heteroatoms. The van der Waals surface area contributed by atoms with Crippen LogP contribution in [-0.2, 0) is 9.84 Å². The van der Waals surface area contributed by atoms with E-state index < -0.39 is 15.7 Å². The number of halogens is 2. The highest BCUT2D eigenvalue weighted by atomic mass is 35.5. The molecule has 1 fully saturated rings. The summed E-state index contributed by atoms with van der Waals surface area (Å²) in [6.45, 7) is 3.28. The van der Waals surface area contributed by atoms with E-state index in [9.17, 15) is 12.8 Å². The zero-order valence-corrected chi connectivity index (χ0v) is 15.2. The number of fused-ring (bicyclic) bond motifs is 1. The topological polar surface area (TPSA) is 78.1 Å². The van der Waals surface area contributed by atoms with Crippen molar-refractivity contribution in [1.82, 2.24) is 15.3 Å². The first kappa shape index (κ1) is 17.3. The van der Waals surface area contributed by atoms with E-state index in [1.807, 2.05) is 0 Å². The van der Waals surface area contributed by atoms with Crippen molar-refractivity contribution in [2.75, 3.05) is 31.1 Å². The Hall–Kier alpha value is -2.16. The Kier molecular flexibility index (Phi) is 4.34. The number of pyridine rings is 1. The smallest absolute Gasteiger partial charge is 0.223 e. The van der Waals surface area contributed by atoms with Gasteiger partial charge in [-0.05, 0) is 30.3 Å². The monoisotopic (exact) mass is 394 g/mol. The predicted molar refractivity (Wildman–Crippen MR) is 98.0 cm³/mol. The van der Waals surface area contributed by atoms with Crippen LogP contribution in [0.15, 0.2) is 46.5 Å². The summed E-state index contributed by atoms with van der Waals surface area (Å²) < 4.78 is 39.1. The van der Waals surface area contributed by atoms with Crippen LogP contribution in [0.2, 0.25) is 5.02 Å². The summed E-state index contributed by atoms with van der Waals surface area (Å²) in [5, 5.41) is 3.86. The number of rotatable bonds is 3. The van der Waals surface area contributed by atoms with Gasteiger partial charge in [0.05, 0.1) is 15.4 Å². The number of H-pyrrole nitrogens is 1. The van der Waals surface area contributed by atoms with Crippen LogP contribution in [0.3, 0.4) is 0 Å². The van der Waals surface area contributed by atoms with E-state index >= 15 is 0 Å². The summed E-state index contributed by atoms with van der Waals surface area (Å²) in [5.74, 6) is 0.155. The van der Waals surface area contributed by atoms with Gasteiger partial charge in [0.15, 0.2) is 0 Å². The van der Waals surface area contributed by atoms with Gasteiger partial charge in [0.25, 0.3) is 0 Å². The fourth-order valence-corrected chi connectivity index (χ4v) is 4.89. The van der Waals surface area contributed by atoms with Gasteiger partial charge < -0.3 is 15.2 Å². The fraction of sp³-hybridized carbons (Fsp3) is 0.235. The SMILES string of the molecule is O=S(=O)(c1cc2c(N3CCNCC3)nccc2[nH]1)c1ccc(F)cc1Cl. The van der Waals surface area contributed by atoms with Crippen LogP contribution in [0.25, 0.3) is 10.9 Å². The normalized spacial score (nSPS) is 15.5. The summed E-state index contributed by atoms with van der Waals surface area (Å²) in [4.78, 5) is 9.35. The van der Waals surface area contributed by atoms with E-state index in [2.05, 4.69) is 20.2 Å². The predicted octanol–water partition coefficient (Wildman–Crippen LogP) is 2.60. The minimum Gasteiger partial charge on any atom is -0.354 e. The Bertz CT molecular complexity index is 1080. The highest BCUT2D eigenvalue weighted by Gasteiger charge is 2.25. The molecule has 0 unspecified atom stereocenters. The van der Waals surface area contributed by atoms with Gasteiger partial charge in [0.2, 0.25) is 9.84 Å². The second-order valence-electron chi connectivity index (χ2n) is 6.04. The van der Waals surface area contributed by atoms with Crippen LogP contribution in [0.5, 0.6) is 0 Å². The Morgan fingerprint density at radius 1 is 1.15 bits per heavy atom. The maximum atomic E-state index is 13.3. The number of aromatic nitrogens is 2. The molecule has 0 spiro atoms. The lowest BCUT2D eigenvalue weighted by Gasteiger charge is -2.28. The third-order valence-electron chi connectivity index (χ3n) is 4.39. The van der Waals surface area contributed by atoms with Gasteiger partial charge >= 0.3 is 0 Å². The summed E-state index contributed by atoms with van der Waals surface area (Å²) in [6.07, 6.45) is 1.65. The van der Waals surface area contributed by atoms with Gasteiger partial charge in [-0.1, -0.05) is 11.6 Å². The van der Waals surface area contributed by atoms with Crippen molar-refractivity contribution >= 4 is 38.2 Å². The third kappa shape index (κ3) is 2.94. The van der Waals surface area contributed by atoms with Gasteiger partial charge in [-0.15, -0.1) is 0 Å². The van der Waals surface area contributed by atoms with E-state index in [0.717, 1.165) is 49.5 Å². The number of benzene rings is 1. The van der Waals surface area contributed by atoms with E-state index in [0.29, 0.717) is 5.52 Å². The lowest BCUT2D eigenvalue weighted by Crippen LogP contribution is -2.43. The number of anilines is 1. The molecular formula is C17H16ClFN4O2S. The van der Waals surface area contributed by atoms with Crippen molar-refractivity contribution in [3.63, 3.8) is 0 Å². The number of sulfone groups is 1. The van der Waals surface area contributed by atoms with Crippen molar-refractivity contribution in [3.8, 4) is 0 Å². The largest absolute Gasteiger partial charge is 0.354 e. The molecule has 6 nitrogen and oxygen atoms in total. The Labute approximate surface area is 154 Å². The van der Waals surface area contributed by atoms with Crippen LogP contribution < -0.4 is 10.2 Å². The second-order valence-corrected chi connectivity index (χ2v) is 8.34. The molecule has 1 saturated heterocycles. The molecule has 2 aromatic heterocycles. The van der Waals surface area contributed by atoms with Crippen LogP contribution in [0, 0.1) is 5.82 Å². The Morgan fingerprint density at radius 2 is 1.92 bits per heavy atom. The second kappa shape index (κ2) is 6.53. The van der Waals surface area contributed by atoms with Crippen LogP contribution in [0.1, 0.15) is 0 Å². The van der Waals surface area contributed by atoms with Crippen LogP contribution in [0.4, 0.5) is 10.2 Å². The Balaban J connectivity index is 1.82.